The topological polar surface area (TPSA) is 86.0 Å². The first-order valence-corrected chi connectivity index (χ1v) is 9.42. The first-order chi connectivity index (χ1) is 13.4. The van der Waals surface area contributed by atoms with Crippen LogP contribution in [0.4, 0.5) is 5.69 Å². The SMILES string of the molecule is O=C(/C=C/c1ccc(Sc2ncccn2)c([N+](=O)[O-])c1)c1ccc(Cl)cc1Cl. The molecule has 0 bridgehead atoms. The molecule has 0 aliphatic heterocycles. The Balaban J connectivity index is 1.84. The number of nitrogens with zero attached hydrogens (tertiary/aromatic N) is 3. The lowest BCUT2D eigenvalue weighted by atomic mass is 10.1. The molecular formula is C19H11Cl2N3O3S. The lowest BCUT2D eigenvalue weighted by Gasteiger charge is -2.03. The van der Waals surface area contributed by atoms with Crippen LogP contribution in [0, 0.1) is 10.1 Å². The zero-order valence-electron chi connectivity index (χ0n) is 14.1. The van der Waals surface area contributed by atoms with Gasteiger partial charge in [0.1, 0.15) is 0 Å². The minimum absolute atomic E-state index is 0.100. The van der Waals surface area contributed by atoms with E-state index >= 15 is 0 Å². The molecule has 0 radical (unpaired) electrons. The van der Waals surface area contributed by atoms with Gasteiger partial charge in [-0.25, -0.2) is 9.97 Å². The highest BCUT2D eigenvalue weighted by atomic mass is 35.5. The molecular weight excluding hydrogens is 421 g/mol. The maximum Gasteiger partial charge on any atom is 0.283 e. The fourth-order valence-corrected chi connectivity index (χ4v) is 3.55. The standard InChI is InChI=1S/C19H11Cl2N3O3S/c20-13-4-5-14(15(21)11-13)17(25)6-2-12-3-7-18(16(10-12)24(26)27)28-19-22-8-1-9-23-19/h1-11H/b6-2+. The number of aromatic nitrogens is 2. The predicted molar refractivity (Wildman–Crippen MR) is 109 cm³/mol. The Morgan fingerprint density at radius 1 is 1.11 bits per heavy atom. The second-order valence-corrected chi connectivity index (χ2v) is 7.29. The number of ketones is 1. The first kappa shape index (κ1) is 20.0. The number of halogens is 2. The van der Waals surface area contributed by atoms with Crippen molar-refractivity contribution in [2.45, 2.75) is 10.1 Å². The van der Waals surface area contributed by atoms with Crippen molar-refractivity contribution in [1.29, 1.82) is 0 Å². The monoisotopic (exact) mass is 431 g/mol. The molecule has 2 aromatic carbocycles. The maximum atomic E-state index is 12.3. The summed E-state index contributed by atoms with van der Waals surface area (Å²) in [4.78, 5) is 31.8. The third-order valence-corrected chi connectivity index (χ3v) is 5.05. The van der Waals surface area contributed by atoms with Crippen molar-refractivity contribution in [3.63, 3.8) is 0 Å². The molecule has 0 atom stereocenters. The van der Waals surface area contributed by atoms with Crippen LogP contribution in [0.15, 0.2) is 71.0 Å². The van der Waals surface area contributed by atoms with Crippen LogP contribution < -0.4 is 0 Å². The Morgan fingerprint density at radius 3 is 2.54 bits per heavy atom. The van der Waals surface area contributed by atoms with Crippen LogP contribution in [-0.2, 0) is 0 Å². The number of allylic oxidation sites excluding steroid dienone is 1. The Bertz CT molecular complexity index is 1080. The van der Waals surface area contributed by atoms with Gasteiger partial charge in [-0.2, -0.15) is 0 Å². The predicted octanol–water partition coefficient (Wildman–Crippen LogP) is 5.74. The van der Waals surface area contributed by atoms with Crippen LogP contribution in [0.25, 0.3) is 6.08 Å². The molecule has 140 valence electrons. The van der Waals surface area contributed by atoms with E-state index in [1.54, 1.807) is 36.7 Å². The Morgan fingerprint density at radius 2 is 1.86 bits per heavy atom. The summed E-state index contributed by atoms with van der Waals surface area (Å²) in [7, 11) is 0. The van der Waals surface area contributed by atoms with E-state index in [2.05, 4.69) is 9.97 Å². The van der Waals surface area contributed by atoms with E-state index in [1.165, 1.54) is 30.4 Å². The normalized spacial score (nSPS) is 10.9. The van der Waals surface area contributed by atoms with Crippen LogP contribution >= 0.6 is 35.0 Å². The van der Waals surface area contributed by atoms with Crippen molar-refractivity contribution < 1.29 is 9.72 Å². The molecule has 3 rings (SSSR count). The van der Waals surface area contributed by atoms with Gasteiger partial charge >= 0.3 is 0 Å². The van der Waals surface area contributed by atoms with E-state index in [1.807, 2.05) is 0 Å². The highest BCUT2D eigenvalue weighted by Crippen LogP contribution is 2.33. The number of rotatable bonds is 6. The van der Waals surface area contributed by atoms with Gasteiger partial charge in [-0.05, 0) is 53.7 Å². The first-order valence-electron chi connectivity index (χ1n) is 7.85. The minimum atomic E-state index is -0.486. The summed E-state index contributed by atoms with van der Waals surface area (Å²) in [6.45, 7) is 0. The van der Waals surface area contributed by atoms with E-state index in [-0.39, 0.29) is 16.5 Å². The van der Waals surface area contributed by atoms with Crippen molar-refractivity contribution in [2.75, 3.05) is 0 Å². The molecule has 0 saturated heterocycles. The summed E-state index contributed by atoms with van der Waals surface area (Å²) >= 11 is 12.9. The molecule has 28 heavy (non-hydrogen) atoms. The quantitative estimate of drug-likeness (QED) is 0.162. The molecule has 0 unspecified atom stereocenters. The second-order valence-electron chi connectivity index (χ2n) is 5.44. The largest absolute Gasteiger partial charge is 0.289 e. The Kier molecular flexibility index (Phi) is 6.41. The summed E-state index contributed by atoms with van der Waals surface area (Å²) in [5.74, 6) is -0.333. The van der Waals surface area contributed by atoms with Gasteiger partial charge in [-0.3, -0.25) is 14.9 Å². The van der Waals surface area contributed by atoms with Gasteiger partial charge in [0.05, 0.1) is 14.8 Å². The molecule has 0 N–H and O–H groups in total. The summed E-state index contributed by atoms with van der Waals surface area (Å²) in [6.07, 6.45) is 5.92. The Hall–Kier alpha value is -2.74. The van der Waals surface area contributed by atoms with Crippen molar-refractivity contribution in [3.8, 4) is 0 Å². The molecule has 1 aromatic heterocycles. The van der Waals surface area contributed by atoms with E-state index in [9.17, 15) is 14.9 Å². The van der Waals surface area contributed by atoms with Crippen LogP contribution in [0.5, 0.6) is 0 Å². The molecule has 0 fully saturated rings. The number of hydrogen-bond donors (Lipinski definition) is 0. The van der Waals surface area contributed by atoms with Crippen molar-refractivity contribution in [3.05, 3.63) is 92.2 Å². The molecule has 0 spiro atoms. The number of carbonyl (C=O) groups is 1. The lowest BCUT2D eigenvalue weighted by Crippen LogP contribution is -1.96. The van der Waals surface area contributed by atoms with Crippen LogP contribution in [0.2, 0.25) is 10.0 Å². The van der Waals surface area contributed by atoms with Gasteiger partial charge in [0, 0.05) is 29.0 Å². The van der Waals surface area contributed by atoms with Crippen LogP contribution in [-0.4, -0.2) is 20.7 Å². The third-order valence-electron chi connectivity index (χ3n) is 3.55. The van der Waals surface area contributed by atoms with Crippen LogP contribution in [0.1, 0.15) is 15.9 Å². The number of benzene rings is 2. The summed E-state index contributed by atoms with van der Waals surface area (Å²) in [5, 5.41) is 12.5. The lowest BCUT2D eigenvalue weighted by molar-refractivity contribution is -0.387. The van der Waals surface area contributed by atoms with Gasteiger partial charge in [0.25, 0.3) is 5.69 Å². The highest BCUT2D eigenvalue weighted by molar-refractivity contribution is 7.99. The molecule has 0 aliphatic rings. The molecule has 3 aromatic rings. The summed E-state index contributed by atoms with van der Waals surface area (Å²) in [6, 6.07) is 10.9. The highest BCUT2D eigenvalue weighted by Gasteiger charge is 2.16. The summed E-state index contributed by atoms with van der Waals surface area (Å²) in [5.41, 5.74) is 0.699. The second kappa shape index (κ2) is 8.97. The van der Waals surface area contributed by atoms with Crippen LogP contribution in [0.3, 0.4) is 0 Å². The number of nitro groups is 1. The van der Waals surface area contributed by atoms with Gasteiger partial charge in [-0.1, -0.05) is 35.3 Å². The molecule has 0 amide bonds. The van der Waals surface area contributed by atoms with Crippen molar-refractivity contribution in [1.82, 2.24) is 9.97 Å². The summed E-state index contributed by atoms with van der Waals surface area (Å²) < 4.78 is 0. The zero-order chi connectivity index (χ0) is 20.1. The van der Waals surface area contributed by atoms with Gasteiger partial charge in [-0.15, -0.1) is 0 Å². The minimum Gasteiger partial charge on any atom is -0.289 e. The smallest absolute Gasteiger partial charge is 0.283 e. The Labute approximate surface area is 174 Å². The molecule has 1 heterocycles. The molecule has 0 saturated carbocycles. The number of carbonyl (C=O) groups excluding carboxylic acids is 1. The fourth-order valence-electron chi connectivity index (χ4n) is 2.25. The van der Waals surface area contributed by atoms with E-state index in [0.717, 1.165) is 11.8 Å². The maximum absolute atomic E-state index is 12.3. The zero-order valence-corrected chi connectivity index (χ0v) is 16.4. The average Bonchev–Trinajstić information content (AvgIpc) is 2.67. The fraction of sp³-hybridized carbons (Fsp3) is 0. The number of hydrogen-bond acceptors (Lipinski definition) is 6. The average molecular weight is 432 g/mol. The van der Waals surface area contributed by atoms with Crippen molar-refractivity contribution >= 4 is 52.5 Å². The van der Waals surface area contributed by atoms with E-state index < -0.39 is 4.92 Å². The molecule has 9 heteroatoms. The van der Waals surface area contributed by atoms with Crippen molar-refractivity contribution in [2.24, 2.45) is 0 Å². The molecule has 0 aliphatic carbocycles. The van der Waals surface area contributed by atoms with E-state index in [0.29, 0.717) is 26.2 Å². The third kappa shape index (κ3) is 4.95. The van der Waals surface area contributed by atoms with E-state index in [4.69, 9.17) is 23.2 Å². The van der Waals surface area contributed by atoms with Gasteiger partial charge in [0.15, 0.2) is 10.9 Å². The van der Waals surface area contributed by atoms with Gasteiger partial charge in [0.2, 0.25) is 0 Å². The molecule has 6 nitrogen and oxygen atoms in total. The number of nitro benzene ring substituents is 1. The van der Waals surface area contributed by atoms with Gasteiger partial charge < -0.3 is 0 Å².